The highest BCUT2D eigenvalue weighted by molar-refractivity contribution is 7.14. The first-order valence-corrected chi connectivity index (χ1v) is 5.79. The van der Waals surface area contributed by atoms with Gasteiger partial charge in [-0.25, -0.2) is 4.98 Å². The van der Waals surface area contributed by atoms with E-state index in [1.54, 1.807) is 17.6 Å². The lowest BCUT2D eigenvalue weighted by molar-refractivity contribution is 0.582. The summed E-state index contributed by atoms with van der Waals surface area (Å²) in [4.78, 5) is 5.55. The molecule has 2 aromatic heterocycles. The smallest absolute Gasteiger partial charge is 0.162 e. The summed E-state index contributed by atoms with van der Waals surface area (Å²) in [6.45, 7) is 5.14. The summed E-state index contributed by atoms with van der Waals surface area (Å²) in [5.41, 5.74) is 0. The number of rotatable bonds is 4. The minimum absolute atomic E-state index is 0.499. The van der Waals surface area contributed by atoms with Gasteiger partial charge >= 0.3 is 0 Å². The van der Waals surface area contributed by atoms with E-state index in [2.05, 4.69) is 24.1 Å². The van der Waals surface area contributed by atoms with E-state index in [4.69, 9.17) is 4.42 Å². The Balaban J connectivity index is 2.04. The van der Waals surface area contributed by atoms with Crippen LogP contribution in [0, 0.1) is 0 Å². The minimum atomic E-state index is 0.499. The summed E-state index contributed by atoms with van der Waals surface area (Å²) in [7, 11) is 0. The Kier molecular flexibility index (Phi) is 3.18. The maximum Gasteiger partial charge on any atom is 0.162 e. The highest BCUT2D eigenvalue weighted by atomic mass is 32.1. The molecule has 0 saturated carbocycles. The maximum absolute atomic E-state index is 5.29. The predicted molar refractivity (Wildman–Crippen MR) is 61.8 cm³/mol. The lowest BCUT2D eigenvalue weighted by Gasteiger charge is -2.04. The Labute approximate surface area is 93.2 Å². The van der Waals surface area contributed by atoms with E-state index < -0.39 is 0 Å². The first kappa shape index (κ1) is 10.4. The van der Waals surface area contributed by atoms with Crippen molar-refractivity contribution in [1.29, 1.82) is 0 Å². The second-order valence-corrected chi connectivity index (χ2v) is 4.76. The Bertz CT molecular complexity index is 406. The summed E-state index contributed by atoms with van der Waals surface area (Å²) in [5.74, 6) is 0.843. The Morgan fingerprint density at radius 1 is 1.53 bits per heavy atom. The van der Waals surface area contributed by atoms with Crippen LogP contribution in [0.4, 0.5) is 0 Å². The molecule has 0 bridgehead atoms. The Morgan fingerprint density at radius 2 is 2.40 bits per heavy atom. The molecule has 80 valence electrons. The standard InChI is InChI=1S/C11H14N2OS/c1-8(2)12-6-9-7-13-11(15-9)10-4-3-5-14-10/h3-5,7-8,12H,6H2,1-2H3. The van der Waals surface area contributed by atoms with Gasteiger partial charge in [0.25, 0.3) is 0 Å². The van der Waals surface area contributed by atoms with Crippen LogP contribution in [0.25, 0.3) is 10.8 Å². The zero-order valence-electron chi connectivity index (χ0n) is 8.86. The molecule has 0 aromatic carbocycles. The van der Waals surface area contributed by atoms with Gasteiger partial charge in [0.15, 0.2) is 10.8 Å². The molecule has 3 nitrogen and oxygen atoms in total. The third-order valence-corrected chi connectivity index (χ3v) is 2.98. The summed E-state index contributed by atoms with van der Waals surface area (Å²) in [5, 5.41) is 4.31. The van der Waals surface area contributed by atoms with E-state index in [0.29, 0.717) is 6.04 Å². The van der Waals surface area contributed by atoms with Crippen LogP contribution in [0.2, 0.25) is 0 Å². The number of nitrogens with one attached hydrogen (secondary N) is 1. The fourth-order valence-electron chi connectivity index (χ4n) is 1.21. The van der Waals surface area contributed by atoms with Gasteiger partial charge in [0.1, 0.15) is 0 Å². The van der Waals surface area contributed by atoms with Crippen molar-refractivity contribution in [3.63, 3.8) is 0 Å². The Hall–Kier alpha value is -1.13. The number of furan rings is 1. The van der Waals surface area contributed by atoms with Gasteiger partial charge in [-0.2, -0.15) is 0 Å². The minimum Gasteiger partial charge on any atom is -0.462 e. The first-order valence-electron chi connectivity index (χ1n) is 4.97. The molecule has 2 rings (SSSR count). The third-order valence-electron chi connectivity index (χ3n) is 1.97. The van der Waals surface area contributed by atoms with Crippen molar-refractivity contribution in [2.45, 2.75) is 26.4 Å². The molecule has 0 aliphatic carbocycles. The number of nitrogens with zero attached hydrogens (tertiary/aromatic N) is 1. The molecule has 1 N–H and O–H groups in total. The molecule has 0 amide bonds. The van der Waals surface area contributed by atoms with Gasteiger partial charge in [-0.1, -0.05) is 13.8 Å². The predicted octanol–water partition coefficient (Wildman–Crippen LogP) is 2.90. The number of aromatic nitrogens is 1. The quantitative estimate of drug-likeness (QED) is 0.864. The van der Waals surface area contributed by atoms with Gasteiger partial charge in [0.05, 0.1) is 6.26 Å². The van der Waals surface area contributed by atoms with Crippen molar-refractivity contribution in [2.24, 2.45) is 0 Å². The van der Waals surface area contributed by atoms with Crippen LogP contribution in [-0.2, 0) is 6.54 Å². The Morgan fingerprint density at radius 3 is 3.07 bits per heavy atom. The maximum atomic E-state index is 5.29. The highest BCUT2D eigenvalue weighted by Gasteiger charge is 2.06. The molecular weight excluding hydrogens is 208 g/mol. The second-order valence-electron chi connectivity index (χ2n) is 3.64. The number of hydrogen-bond acceptors (Lipinski definition) is 4. The summed E-state index contributed by atoms with van der Waals surface area (Å²) < 4.78 is 5.29. The molecule has 2 aromatic rings. The van der Waals surface area contributed by atoms with E-state index >= 15 is 0 Å². The molecule has 0 unspecified atom stereocenters. The molecule has 0 atom stereocenters. The fraction of sp³-hybridized carbons (Fsp3) is 0.364. The van der Waals surface area contributed by atoms with E-state index in [0.717, 1.165) is 17.3 Å². The van der Waals surface area contributed by atoms with E-state index in [1.165, 1.54) is 4.88 Å². The van der Waals surface area contributed by atoms with Gasteiger partial charge in [0.2, 0.25) is 0 Å². The van der Waals surface area contributed by atoms with Crippen LogP contribution in [0.1, 0.15) is 18.7 Å². The van der Waals surface area contributed by atoms with Crippen LogP contribution >= 0.6 is 11.3 Å². The van der Waals surface area contributed by atoms with Crippen molar-refractivity contribution in [3.8, 4) is 10.8 Å². The topological polar surface area (TPSA) is 38.1 Å². The van der Waals surface area contributed by atoms with Crippen LogP contribution in [-0.4, -0.2) is 11.0 Å². The zero-order chi connectivity index (χ0) is 10.7. The molecule has 0 aliphatic rings. The third kappa shape index (κ3) is 2.67. The fourth-order valence-corrected chi connectivity index (χ4v) is 2.04. The van der Waals surface area contributed by atoms with Gasteiger partial charge in [-0.05, 0) is 12.1 Å². The summed E-state index contributed by atoms with van der Waals surface area (Å²) >= 11 is 1.67. The van der Waals surface area contributed by atoms with E-state index in [-0.39, 0.29) is 0 Å². The highest BCUT2D eigenvalue weighted by Crippen LogP contribution is 2.25. The van der Waals surface area contributed by atoms with Crippen LogP contribution in [0.3, 0.4) is 0 Å². The largest absolute Gasteiger partial charge is 0.462 e. The SMILES string of the molecule is CC(C)NCc1cnc(-c2ccco2)s1. The van der Waals surface area contributed by atoms with Gasteiger partial charge in [0, 0.05) is 23.7 Å². The summed E-state index contributed by atoms with van der Waals surface area (Å²) in [6, 6.07) is 4.31. The molecular formula is C11H14N2OS. The molecule has 0 spiro atoms. The average molecular weight is 222 g/mol. The van der Waals surface area contributed by atoms with Crippen LogP contribution in [0.5, 0.6) is 0 Å². The molecule has 15 heavy (non-hydrogen) atoms. The van der Waals surface area contributed by atoms with Crippen molar-refractivity contribution >= 4 is 11.3 Å². The normalized spacial score (nSPS) is 11.1. The molecule has 2 heterocycles. The van der Waals surface area contributed by atoms with Crippen molar-refractivity contribution in [1.82, 2.24) is 10.3 Å². The monoisotopic (exact) mass is 222 g/mol. The number of hydrogen-bond donors (Lipinski definition) is 1. The van der Waals surface area contributed by atoms with Crippen molar-refractivity contribution in [2.75, 3.05) is 0 Å². The molecule has 0 aliphatic heterocycles. The zero-order valence-corrected chi connectivity index (χ0v) is 9.67. The lowest BCUT2D eigenvalue weighted by Crippen LogP contribution is -2.21. The molecule has 0 fully saturated rings. The molecule has 4 heteroatoms. The van der Waals surface area contributed by atoms with Gasteiger partial charge in [-0.15, -0.1) is 11.3 Å². The van der Waals surface area contributed by atoms with Crippen LogP contribution in [0.15, 0.2) is 29.0 Å². The van der Waals surface area contributed by atoms with Crippen LogP contribution < -0.4 is 5.32 Å². The molecule has 0 saturated heterocycles. The molecule has 0 radical (unpaired) electrons. The van der Waals surface area contributed by atoms with E-state index in [1.807, 2.05) is 18.3 Å². The van der Waals surface area contributed by atoms with Gasteiger partial charge in [-0.3, -0.25) is 0 Å². The van der Waals surface area contributed by atoms with Gasteiger partial charge < -0.3 is 9.73 Å². The first-order chi connectivity index (χ1) is 7.25. The second kappa shape index (κ2) is 4.59. The number of thiazole rings is 1. The summed E-state index contributed by atoms with van der Waals surface area (Å²) in [6.07, 6.45) is 3.57. The lowest BCUT2D eigenvalue weighted by atomic mass is 10.4. The van der Waals surface area contributed by atoms with Crippen molar-refractivity contribution in [3.05, 3.63) is 29.5 Å². The average Bonchev–Trinajstić information content (AvgIpc) is 2.85. The van der Waals surface area contributed by atoms with Crippen molar-refractivity contribution < 1.29 is 4.42 Å². The van der Waals surface area contributed by atoms with E-state index in [9.17, 15) is 0 Å².